The van der Waals surface area contributed by atoms with Crippen LogP contribution in [0, 0.1) is 11.7 Å². The first-order valence-electron chi connectivity index (χ1n) is 10.8. The van der Waals surface area contributed by atoms with Gasteiger partial charge in [0, 0.05) is 24.5 Å². The highest BCUT2D eigenvalue weighted by Gasteiger charge is 2.31. The fraction of sp³-hybridized carbons (Fsp3) is 0.636. The van der Waals surface area contributed by atoms with Crippen molar-refractivity contribution in [2.75, 3.05) is 13.1 Å². The third-order valence-corrected chi connectivity index (χ3v) is 5.31. The molecule has 2 fully saturated rings. The van der Waals surface area contributed by atoms with Crippen molar-refractivity contribution in [3.63, 3.8) is 0 Å². The van der Waals surface area contributed by atoms with Gasteiger partial charge in [-0.15, -0.1) is 0 Å². The molecule has 1 amide bonds. The molecule has 0 saturated heterocycles. The predicted molar refractivity (Wildman–Crippen MR) is 113 cm³/mol. The molecule has 1 aromatic carbocycles. The quantitative estimate of drug-likeness (QED) is 0.460. The number of guanidine groups is 1. The second-order valence-electron chi connectivity index (χ2n) is 8.09. The van der Waals surface area contributed by atoms with E-state index in [0.717, 1.165) is 51.0 Å². The molecule has 0 heterocycles. The number of amides is 1. The van der Waals surface area contributed by atoms with Gasteiger partial charge in [0.2, 0.25) is 5.91 Å². The van der Waals surface area contributed by atoms with Crippen LogP contribution in [0.25, 0.3) is 0 Å². The molecule has 0 spiro atoms. The fourth-order valence-corrected chi connectivity index (χ4v) is 3.62. The summed E-state index contributed by atoms with van der Waals surface area (Å²) < 4.78 is 18.8. The molecule has 3 unspecified atom stereocenters. The molecular weight excluding hydrogens is 371 g/mol. The summed E-state index contributed by atoms with van der Waals surface area (Å²) >= 11 is 0. The highest BCUT2D eigenvalue weighted by atomic mass is 19.1. The second-order valence-corrected chi connectivity index (χ2v) is 8.09. The Hall–Kier alpha value is -2.31. The van der Waals surface area contributed by atoms with Gasteiger partial charge < -0.3 is 20.7 Å². The van der Waals surface area contributed by atoms with Crippen molar-refractivity contribution in [2.24, 2.45) is 10.9 Å². The lowest BCUT2D eigenvalue weighted by atomic mass is 9.85. The minimum Gasteiger partial charge on any atom is -0.489 e. The van der Waals surface area contributed by atoms with E-state index < -0.39 is 0 Å². The Bertz CT molecular complexity index is 691. The van der Waals surface area contributed by atoms with E-state index in [2.05, 4.69) is 20.9 Å². The van der Waals surface area contributed by atoms with Crippen LogP contribution in [0.4, 0.5) is 4.39 Å². The van der Waals surface area contributed by atoms with Crippen LogP contribution < -0.4 is 20.7 Å². The van der Waals surface area contributed by atoms with Crippen molar-refractivity contribution in [1.29, 1.82) is 0 Å². The number of carbonyl (C=O) groups excluding carboxylic acids is 1. The minimum absolute atomic E-state index is 0.0884. The van der Waals surface area contributed by atoms with Gasteiger partial charge >= 0.3 is 0 Å². The lowest BCUT2D eigenvalue weighted by molar-refractivity contribution is -0.126. The van der Waals surface area contributed by atoms with Crippen molar-refractivity contribution in [1.82, 2.24) is 16.0 Å². The summed E-state index contributed by atoms with van der Waals surface area (Å²) in [6, 6.07) is 6.66. The molecular formula is C22H33FN4O2. The summed E-state index contributed by atoms with van der Waals surface area (Å²) in [5, 5.41) is 9.90. The molecule has 3 N–H and O–H groups in total. The summed E-state index contributed by atoms with van der Waals surface area (Å²) in [6.07, 6.45) is 5.99. The van der Waals surface area contributed by atoms with Crippen molar-refractivity contribution < 1.29 is 13.9 Å². The van der Waals surface area contributed by atoms with E-state index in [-0.39, 0.29) is 29.8 Å². The number of ether oxygens (including phenoxy) is 1. The first kappa shape index (κ1) is 21.4. The number of halogens is 1. The summed E-state index contributed by atoms with van der Waals surface area (Å²) in [5.74, 6) is 1.39. The van der Waals surface area contributed by atoms with Crippen LogP contribution in [0.2, 0.25) is 0 Å². The molecule has 0 aliphatic heterocycles. The summed E-state index contributed by atoms with van der Waals surface area (Å²) in [6.45, 7) is 5.21. The Morgan fingerprint density at radius 1 is 1.17 bits per heavy atom. The summed E-state index contributed by atoms with van der Waals surface area (Å²) in [5.41, 5.74) is 0. The number of hydrogen-bond acceptors (Lipinski definition) is 3. The van der Waals surface area contributed by atoms with Gasteiger partial charge in [0.1, 0.15) is 17.7 Å². The first-order chi connectivity index (χ1) is 14.0. The minimum atomic E-state index is -0.279. The average Bonchev–Trinajstić information content (AvgIpc) is 3.52. The molecule has 0 aromatic heterocycles. The molecule has 3 rings (SSSR count). The maximum absolute atomic E-state index is 13.0. The zero-order valence-electron chi connectivity index (χ0n) is 17.4. The van der Waals surface area contributed by atoms with Crippen molar-refractivity contribution in [3.05, 3.63) is 30.1 Å². The third kappa shape index (κ3) is 7.22. The van der Waals surface area contributed by atoms with E-state index in [4.69, 9.17) is 4.74 Å². The van der Waals surface area contributed by atoms with E-state index in [0.29, 0.717) is 18.3 Å². The van der Waals surface area contributed by atoms with E-state index in [1.807, 2.05) is 13.8 Å². The second kappa shape index (κ2) is 10.5. The third-order valence-electron chi connectivity index (χ3n) is 5.31. The van der Waals surface area contributed by atoms with Crippen LogP contribution in [0.5, 0.6) is 5.75 Å². The molecule has 29 heavy (non-hydrogen) atoms. The Morgan fingerprint density at radius 3 is 2.62 bits per heavy atom. The van der Waals surface area contributed by atoms with Gasteiger partial charge in [-0.05, 0) is 70.2 Å². The maximum atomic E-state index is 13.0. The number of rotatable bonds is 8. The Kier molecular flexibility index (Phi) is 7.72. The van der Waals surface area contributed by atoms with Crippen molar-refractivity contribution >= 4 is 11.9 Å². The van der Waals surface area contributed by atoms with E-state index in [1.165, 1.54) is 12.1 Å². The zero-order chi connectivity index (χ0) is 20.6. The first-order valence-corrected chi connectivity index (χ1v) is 10.8. The zero-order valence-corrected chi connectivity index (χ0v) is 17.4. The van der Waals surface area contributed by atoms with Crippen LogP contribution >= 0.6 is 0 Å². The Labute approximate surface area is 172 Å². The standard InChI is InChI=1S/C22H33FN4O2/c1-3-24-22(25-14-15(2)29-20-11-7-17(23)8-12-20)27-19-6-4-5-16(13-19)21(28)26-18-9-10-18/h7-8,11-12,15-16,18-19H,3-6,9-10,13-14H2,1-2H3,(H,26,28)(H2,24,25,27). The molecule has 1 aromatic rings. The topological polar surface area (TPSA) is 74.8 Å². The molecule has 6 nitrogen and oxygen atoms in total. The molecule has 2 aliphatic carbocycles. The number of hydrogen-bond donors (Lipinski definition) is 3. The highest BCUT2D eigenvalue weighted by molar-refractivity contribution is 5.81. The maximum Gasteiger partial charge on any atom is 0.223 e. The number of benzene rings is 1. The van der Waals surface area contributed by atoms with Crippen molar-refractivity contribution in [3.8, 4) is 5.75 Å². The molecule has 160 valence electrons. The van der Waals surface area contributed by atoms with Gasteiger partial charge in [0.05, 0.1) is 6.54 Å². The lowest BCUT2D eigenvalue weighted by Crippen LogP contribution is -2.47. The van der Waals surface area contributed by atoms with Crippen molar-refractivity contribution in [2.45, 2.75) is 70.6 Å². The molecule has 2 saturated carbocycles. The normalized spacial score (nSPS) is 23.2. The highest BCUT2D eigenvalue weighted by Crippen LogP contribution is 2.26. The SMILES string of the molecule is CCNC(=NCC(C)Oc1ccc(F)cc1)NC1CCCC(C(=O)NC2CC2)C1. The van der Waals surface area contributed by atoms with E-state index in [9.17, 15) is 9.18 Å². The van der Waals surface area contributed by atoms with Crippen LogP contribution in [0.1, 0.15) is 52.4 Å². The van der Waals surface area contributed by atoms with Gasteiger partial charge in [-0.1, -0.05) is 6.42 Å². The van der Waals surface area contributed by atoms with Crippen LogP contribution in [0.15, 0.2) is 29.3 Å². The summed E-state index contributed by atoms with van der Waals surface area (Å²) in [4.78, 5) is 17.0. The van der Waals surface area contributed by atoms with Crippen LogP contribution in [-0.2, 0) is 4.79 Å². The smallest absolute Gasteiger partial charge is 0.223 e. The molecule has 7 heteroatoms. The number of carbonyl (C=O) groups is 1. The van der Waals surface area contributed by atoms with Gasteiger partial charge in [-0.2, -0.15) is 0 Å². The van der Waals surface area contributed by atoms with Crippen LogP contribution in [0.3, 0.4) is 0 Å². The van der Waals surface area contributed by atoms with Gasteiger partial charge in [-0.25, -0.2) is 9.38 Å². The van der Waals surface area contributed by atoms with Gasteiger partial charge in [0.15, 0.2) is 5.96 Å². The van der Waals surface area contributed by atoms with Gasteiger partial charge in [-0.3, -0.25) is 4.79 Å². The predicted octanol–water partition coefficient (Wildman–Crippen LogP) is 2.99. The fourth-order valence-electron chi connectivity index (χ4n) is 3.62. The molecule has 0 radical (unpaired) electrons. The number of nitrogens with zero attached hydrogens (tertiary/aromatic N) is 1. The Balaban J connectivity index is 1.49. The Morgan fingerprint density at radius 2 is 1.93 bits per heavy atom. The lowest BCUT2D eigenvalue weighted by Gasteiger charge is -2.30. The van der Waals surface area contributed by atoms with Crippen LogP contribution in [-0.4, -0.2) is 43.1 Å². The molecule has 2 aliphatic rings. The monoisotopic (exact) mass is 404 g/mol. The summed E-state index contributed by atoms with van der Waals surface area (Å²) in [7, 11) is 0. The largest absolute Gasteiger partial charge is 0.489 e. The molecule has 0 bridgehead atoms. The average molecular weight is 405 g/mol. The number of nitrogens with one attached hydrogen (secondary N) is 3. The van der Waals surface area contributed by atoms with E-state index in [1.54, 1.807) is 12.1 Å². The molecule has 3 atom stereocenters. The van der Waals surface area contributed by atoms with Gasteiger partial charge in [0.25, 0.3) is 0 Å². The number of aliphatic imine (C=N–C) groups is 1. The van der Waals surface area contributed by atoms with E-state index >= 15 is 0 Å².